The van der Waals surface area contributed by atoms with Crippen LogP contribution in [0.3, 0.4) is 0 Å². The fourth-order valence-electron chi connectivity index (χ4n) is 1.15. The highest BCUT2D eigenvalue weighted by atomic mass is 32.2. The van der Waals surface area contributed by atoms with Crippen LogP contribution in [0.4, 0.5) is 4.39 Å². The number of nitriles is 1. The summed E-state index contributed by atoms with van der Waals surface area (Å²) < 4.78 is 44.4. The van der Waals surface area contributed by atoms with Gasteiger partial charge in [-0.1, -0.05) is 0 Å². The maximum atomic E-state index is 13.3. The first-order chi connectivity index (χ1) is 7.87. The molecule has 5 nitrogen and oxygen atoms in total. The molecule has 1 aromatic carbocycles. The van der Waals surface area contributed by atoms with Gasteiger partial charge >= 0.3 is 0 Å². The molecule has 0 heterocycles. The van der Waals surface area contributed by atoms with E-state index in [1.165, 1.54) is 13.2 Å². The molecular weight excluding hydrogens is 249 g/mol. The zero-order valence-corrected chi connectivity index (χ0v) is 10.0. The van der Waals surface area contributed by atoms with E-state index >= 15 is 0 Å². The number of benzene rings is 1. The molecule has 1 rings (SSSR count). The van der Waals surface area contributed by atoms with Gasteiger partial charge in [0.05, 0.1) is 25.5 Å². The number of hydrogen-bond acceptors (Lipinski definition) is 5. The lowest BCUT2D eigenvalue weighted by Crippen LogP contribution is -2.04. The number of ether oxygens (including phenoxy) is 1. The summed E-state index contributed by atoms with van der Waals surface area (Å²) in [5, 5.41) is 8.62. The molecule has 0 aliphatic rings. The van der Waals surface area contributed by atoms with E-state index in [1.54, 1.807) is 6.07 Å². The van der Waals surface area contributed by atoms with Gasteiger partial charge in [0.25, 0.3) is 10.1 Å². The maximum Gasteiger partial charge on any atom is 0.264 e. The van der Waals surface area contributed by atoms with E-state index in [1.807, 2.05) is 0 Å². The van der Waals surface area contributed by atoms with Crippen LogP contribution in [0.2, 0.25) is 0 Å². The third-order valence-corrected chi connectivity index (χ3v) is 2.47. The van der Waals surface area contributed by atoms with Crippen LogP contribution < -0.4 is 4.74 Å². The smallest absolute Gasteiger partial charge is 0.264 e. The molecule has 1 aromatic rings. The van der Waals surface area contributed by atoms with Crippen molar-refractivity contribution in [3.05, 3.63) is 29.1 Å². The van der Waals surface area contributed by atoms with Crippen molar-refractivity contribution in [2.45, 2.75) is 6.61 Å². The van der Waals surface area contributed by atoms with Gasteiger partial charge in [0.1, 0.15) is 17.6 Å². The molecule has 0 N–H and O–H groups in total. The Morgan fingerprint density at radius 2 is 2.12 bits per heavy atom. The van der Waals surface area contributed by atoms with Gasteiger partial charge in [0.2, 0.25) is 0 Å². The fraction of sp³-hybridized carbons (Fsp3) is 0.300. The van der Waals surface area contributed by atoms with Crippen LogP contribution in [-0.2, 0) is 20.9 Å². The van der Waals surface area contributed by atoms with Crippen LogP contribution in [-0.4, -0.2) is 21.8 Å². The highest BCUT2D eigenvalue weighted by Crippen LogP contribution is 2.23. The second-order valence-corrected chi connectivity index (χ2v) is 4.87. The average molecular weight is 259 g/mol. The van der Waals surface area contributed by atoms with Crippen LogP contribution in [0.25, 0.3) is 0 Å². The van der Waals surface area contributed by atoms with Gasteiger partial charge in [-0.05, 0) is 6.07 Å². The van der Waals surface area contributed by atoms with Gasteiger partial charge in [-0.2, -0.15) is 13.7 Å². The van der Waals surface area contributed by atoms with Crippen molar-refractivity contribution < 1.29 is 21.7 Å². The first-order valence-electron chi connectivity index (χ1n) is 4.48. The molecule has 0 bridgehead atoms. The molecule has 0 fully saturated rings. The Kier molecular flexibility index (Phi) is 4.04. The molecule has 17 heavy (non-hydrogen) atoms. The lowest BCUT2D eigenvalue weighted by atomic mass is 10.1. The third kappa shape index (κ3) is 3.69. The van der Waals surface area contributed by atoms with Crippen molar-refractivity contribution in [2.24, 2.45) is 0 Å². The Bertz CT molecular complexity index is 562. The summed E-state index contributed by atoms with van der Waals surface area (Å²) in [5.74, 6) is -0.549. The van der Waals surface area contributed by atoms with Gasteiger partial charge in [-0.25, -0.2) is 4.39 Å². The molecule has 0 saturated heterocycles. The zero-order valence-electron chi connectivity index (χ0n) is 9.23. The molecular formula is C10H10FNO4S. The number of halogens is 1. The molecule has 0 amide bonds. The van der Waals surface area contributed by atoms with Crippen molar-refractivity contribution in [2.75, 3.05) is 13.4 Å². The number of nitrogens with zero attached hydrogens (tertiary/aromatic N) is 1. The lowest BCUT2D eigenvalue weighted by Gasteiger charge is -2.09. The van der Waals surface area contributed by atoms with E-state index in [9.17, 15) is 12.8 Å². The van der Waals surface area contributed by atoms with Gasteiger partial charge in [-0.3, -0.25) is 4.18 Å². The van der Waals surface area contributed by atoms with E-state index < -0.39 is 15.9 Å². The molecule has 7 heteroatoms. The molecule has 0 saturated carbocycles. The van der Waals surface area contributed by atoms with E-state index in [0.29, 0.717) is 0 Å². The highest BCUT2D eigenvalue weighted by Gasteiger charge is 2.12. The Hall–Kier alpha value is -1.65. The minimum Gasteiger partial charge on any atom is -0.496 e. The van der Waals surface area contributed by atoms with Crippen LogP contribution in [0, 0.1) is 17.1 Å². The monoisotopic (exact) mass is 259 g/mol. The predicted octanol–water partition coefficient (Wildman–Crippen LogP) is 1.18. The topological polar surface area (TPSA) is 76.4 Å². The first kappa shape index (κ1) is 13.4. The van der Waals surface area contributed by atoms with Crippen LogP contribution in [0.1, 0.15) is 11.1 Å². The lowest BCUT2D eigenvalue weighted by molar-refractivity contribution is 0.301. The molecule has 0 spiro atoms. The maximum absolute atomic E-state index is 13.3. The molecule has 0 unspecified atom stereocenters. The predicted molar refractivity (Wildman–Crippen MR) is 57.3 cm³/mol. The van der Waals surface area contributed by atoms with Crippen molar-refractivity contribution in [1.29, 1.82) is 5.26 Å². The van der Waals surface area contributed by atoms with E-state index in [-0.39, 0.29) is 23.5 Å². The summed E-state index contributed by atoms with van der Waals surface area (Å²) in [6.45, 7) is -0.343. The molecule has 92 valence electrons. The van der Waals surface area contributed by atoms with Crippen molar-refractivity contribution in [1.82, 2.24) is 0 Å². The van der Waals surface area contributed by atoms with E-state index in [0.717, 1.165) is 12.3 Å². The largest absolute Gasteiger partial charge is 0.496 e. The van der Waals surface area contributed by atoms with Crippen molar-refractivity contribution in [3.8, 4) is 11.8 Å². The normalized spacial score (nSPS) is 10.9. The van der Waals surface area contributed by atoms with Gasteiger partial charge < -0.3 is 4.74 Å². The third-order valence-electron chi connectivity index (χ3n) is 1.92. The summed E-state index contributed by atoms with van der Waals surface area (Å²) in [4.78, 5) is 0. The summed E-state index contributed by atoms with van der Waals surface area (Å²) in [6, 6.07) is 3.86. The highest BCUT2D eigenvalue weighted by molar-refractivity contribution is 7.85. The Balaban J connectivity index is 3.08. The Morgan fingerprint density at radius 1 is 1.47 bits per heavy atom. The molecule has 0 atom stereocenters. The van der Waals surface area contributed by atoms with Crippen molar-refractivity contribution >= 4 is 10.1 Å². The van der Waals surface area contributed by atoms with Crippen LogP contribution >= 0.6 is 0 Å². The Morgan fingerprint density at radius 3 is 2.59 bits per heavy atom. The number of hydrogen-bond donors (Lipinski definition) is 0. The number of rotatable bonds is 4. The molecule has 0 aliphatic heterocycles. The molecule has 0 radical (unpaired) electrons. The van der Waals surface area contributed by atoms with Crippen LogP contribution in [0.15, 0.2) is 12.1 Å². The SMILES string of the molecule is COc1cc(C#N)c(F)cc1COS(C)(=O)=O. The number of methoxy groups -OCH3 is 1. The molecule has 0 aromatic heterocycles. The van der Waals surface area contributed by atoms with Gasteiger partial charge in [0, 0.05) is 11.6 Å². The fourth-order valence-corrected chi connectivity index (χ4v) is 1.49. The summed E-state index contributed by atoms with van der Waals surface area (Å²) >= 11 is 0. The standard InChI is InChI=1S/C10H10FNO4S/c1-15-10-4-7(5-12)9(11)3-8(10)6-16-17(2,13)14/h3-4H,6H2,1-2H3. The summed E-state index contributed by atoms with van der Waals surface area (Å²) in [6.07, 6.45) is 0.888. The van der Waals surface area contributed by atoms with Gasteiger partial charge in [-0.15, -0.1) is 0 Å². The molecule has 0 aliphatic carbocycles. The second-order valence-electron chi connectivity index (χ2n) is 3.22. The van der Waals surface area contributed by atoms with E-state index in [4.69, 9.17) is 10.00 Å². The van der Waals surface area contributed by atoms with E-state index in [2.05, 4.69) is 4.18 Å². The minimum atomic E-state index is -3.62. The average Bonchev–Trinajstić information content (AvgIpc) is 2.25. The Labute approximate surface area is 98.5 Å². The second kappa shape index (κ2) is 5.12. The minimum absolute atomic E-state index is 0.176. The van der Waals surface area contributed by atoms with Crippen LogP contribution in [0.5, 0.6) is 5.75 Å². The summed E-state index contributed by atoms with van der Waals surface area (Å²) in [7, 11) is -2.29. The first-order valence-corrected chi connectivity index (χ1v) is 6.30. The van der Waals surface area contributed by atoms with Gasteiger partial charge in [0.15, 0.2) is 0 Å². The van der Waals surface area contributed by atoms with Crippen molar-refractivity contribution in [3.63, 3.8) is 0 Å². The summed E-state index contributed by atoms with van der Waals surface area (Å²) in [5.41, 5.74) is 0.0411. The zero-order chi connectivity index (χ0) is 13.1. The quantitative estimate of drug-likeness (QED) is 0.759.